The van der Waals surface area contributed by atoms with Gasteiger partial charge in [-0.25, -0.2) is 0 Å². The largest absolute Gasteiger partial charge is 0.394 e. The summed E-state index contributed by atoms with van der Waals surface area (Å²) in [7, 11) is 0. The summed E-state index contributed by atoms with van der Waals surface area (Å²) in [6.45, 7) is 10.3. The normalized spacial score (nSPS) is 11.5. The van der Waals surface area contributed by atoms with Crippen LogP contribution in [0, 0.1) is 5.92 Å². The fraction of sp³-hybridized carbons (Fsp3) is 1.00. The summed E-state index contributed by atoms with van der Waals surface area (Å²) in [5.41, 5.74) is 0. The lowest BCUT2D eigenvalue weighted by atomic mass is 9.98. The maximum Gasteiger partial charge on any atom is 0.0701 e. The van der Waals surface area contributed by atoms with Gasteiger partial charge in [-0.3, -0.25) is 0 Å². The first-order valence-electron chi connectivity index (χ1n) is 9.34. The number of aliphatic hydroxyl groups is 1. The molecule has 0 heterocycles. The van der Waals surface area contributed by atoms with Gasteiger partial charge in [-0.2, -0.15) is 0 Å². The van der Waals surface area contributed by atoms with Crippen molar-refractivity contribution < 1.29 is 28.8 Å². The third kappa shape index (κ3) is 18.1. The second kappa shape index (κ2) is 20.8. The van der Waals surface area contributed by atoms with Crippen molar-refractivity contribution in [2.45, 2.75) is 39.5 Å². The Labute approximate surface area is 147 Å². The summed E-state index contributed by atoms with van der Waals surface area (Å²) in [5.74, 6) is 0.846. The van der Waals surface area contributed by atoms with Gasteiger partial charge in [-0.15, -0.1) is 0 Å². The quantitative estimate of drug-likeness (QED) is 0.340. The van der Waals surface area contributed by atoms with Gasteiger partial charge >= 0.3 is 0 Å². The molecule has 146 valence electrons. The third-order valence-corrected chi connectivity index (χ3v) is 3.78. The molecule has 0 spiro atoms. The maximum absolute atomic E-state index is 8.51. The summed E-state index contributed by atoms with van der Waals surface area (Å²) in [6, 6.07) is 0. The maximum atomic E-state index is 8.51. The van der Waals surface area contributed by atoms with Crippen molar-refractivity contribution in [1.29, 1.82) is 0 Å². The Morgan fingerprint density at radius 2 is 0.958 bits per heavy atom. The van der Waals surface area contributed by atoms with E-state index in [4.69, 9.17) is 28.8 Å². The van der Waals surface area contributed by atoms with Gasteiger partial charge in [0.2, 0.25) is 0 Å². The van der Waals surface area contributed by atoms with Crippen molar-refractivity contribution in [2.24, 2.45) is 5.92 Å². The Balaban J connectivity index is 3.03. The number of hydrogen-bond donors (Lipinski definition) is 1. The highest BCUT2D eigenvalue weighted by molar-refractivity contribution is 4.54. The Hall–Kier alpha value is -0.240. The van der Waals surface area contributed by atoms with Crippen LogP contribution in [0.15, 0.2) is 0 Å². The summed E-state index contributed by atoms with van der Waals surface area (Å²) >= 11 is 0. The minimum Gasteiger partial charge on any atom is -0.394 e. The molecule has 0 radical (unpaired) electrons. The lowest BCUT2D eigenvalue weighted by molar-refractivity contribution is -0.0135. The second-order valence-electron chi connectivity index (χ2n) is 5.61. The molecule has 0 atom stereocenters. The standard InChI is InChI=1S/C18H38O6/c1-3-18(4-2)6-5-8-20-10-12-22-14-16-24-17-15-23-13-11-21-9-7-19/h18-19H,3-17H2,1-2H3. The van der Waals surface area contributed by atoms with Crippen molar-refractivity contribution in [3.8, 4) is 0 Å². The smallest absolute Gasteiger partial charge is 0.0701 e. The van der Waals surface area contributed by atoms with Crippen LogP contribution in [-0.4, -0.2) is 77.8 Å². The number of ether oxygens (including phenoxy) is 5. The average molecular weight is 350 g/mol. The van der Waals surface area contributed by atoms with E-state index in [0.29, 0.717) is 59.5 Å². The zero-order chi connectivity index (χ0) is 17.7. The monoisotopic (exact) mass is 350 g/mol. The van der Waals surface area contributed by atoms with Crippen LogP contribution in [-0.2, 0) is 23.7 Å². The van der Waals surface area contributed by atoms with Crippen molar-refractivity contribution >= 4 is 0 Å². The summed E-state index contributed by atoms with van der Waals surface area (Å²) < 4.78 is 26.8. The van der Waals surface area contributed by atoms with E-state index in [1.165, 1.54) is 19.3 Å². The van der Waals surface area contributed by atoms with Crippen molar-refractivity contribution in [1.82, 2.24) is 0 Å². The minimum atomic E-state index is 0.0479. The van der Waals surface area contributed by atoms with E-state index in [1.807, 2.05) is 0 Å². The van der Waals surface area contributed by atoms with Crippen LogP contribution in [0.25, 0.3) is 0 Å². The molecule has 0 bridgehead atoms. The molecule has 0 saturated heterocycles. The summed E-state index contributed by atoms with van der Waals surface area (Å²) in [5, 5.41) is 8.51. The molecule has 0 aliphatic rings. The van der Waals surface area contributed by atoms with Gasteiger partial charge in [0, 0.05) is 6.61 Å². The van der Waals surface area contributed by atoms with Crippen LogP contribution in [0.1, 0.15) is 39.5 Å². The topological polar surface area (TPSA) is 66.4 Å². The molecular weight excluding hydrogens is 312 g/mol. The molecule has 6 heteroatoms. The van der Waals surface area contributed by atoms with E-state index in [-0.39, 0.29) is 6.61 Å². The van der Waals surface area contributed by atoms with Crippen LogP contribution in [0.2, 0.25) is 0 Å². The predicted molar refractivity (Wildman–Crippen MR) is 94.5 cm³/mol. The van der Waals surface area contributed by atoms with E-state index in [1.54, 1.807) is 0 Å². The van der Waals surface area contributed by atoms with Gasteiger partial charge in [0.1, 0.15) is 0 Å². The zero-order valence-corrected chi connectivity index (χ0v) is 15.7. The van der Waals surface area contributed by atoms with Crippen molar-refractivity contribution in [3.63, 3.8) is 0 Å². The van der Waals surface area contributed by atoms with Gasteiger partial charge in [-0.05, 0) is 18.8 Å². The number of aliphatic hydroxyl groups excluding tert-OH is 1. The van der Waals surface area contributed by atoms with E-state index in [2.05, 4.69) is 13.8 Å². The molecule has 0 aromatic heterocycles. The second-order valence-corrected chi connectivity index (χ2v) is 5.61. The van der Waals surface area contributed by atoms with Crippen LogP contribution in [0.3, 0.4) is 0 Å². The van der Waals surface area contributed by atoms with Crippen LogP contribution < -0.4 is 0 Å². The third-order valence-electron chi connectivity index (χ3n) is 3.78. The minimum absolute atomic E-state index is 0.0479. The Morgan fingerprint density at radius 1 is 0.583 bits per heavy atom. The predicted octanol–water partition coefficient (Wildman–Crippen LogP) is 2.28. The molecule has 0 saturated carbocycles. The van der Waals surface area contributed by atoms with Crippen LogP contribution in [0.4, 0.5) is 0 Å². The first kappa shape index (κ1) is 23.8. The van der Waals surface area contributed by atoms with Gasteiger partial charge in [0.15, 0.2) is 0 Å². The molecule has 0 fully saturated rings. The highest BCUT2D eigenvalue weighted by atomic mass is 16.6. The van der Waals surface area contributed by atoms with Crippen molar-refractivity contribution in [3.05, 3.63) is 0 Å². The van der Waals surface area contributed by atoms with Gasteiger partial charge in [-0.1, -0.05) is 26.7 Å². The fourth-order valence-corrected chi connectivity index (χ4v) is 2.22. The van der Waals surface area contributed by atoms with E-state index >= 15 is 0 Å². The Morgan fingerprint density at radius 3 is 1.33 bits per heavy atom. The molecule has 1 N–H and O–H groups in total. The van der Waals surface area contributed by atoms with Gasteiger partial charge in [0.05, 0.1) is 66.1 Å². The average Bonchev–Trinajstić information content (AvgIpc) is 2.61. The molecular formula is C18H38O6. The summed E-state index contributed by atoms with van der Waals surface area (Å²) in [6.07, 6.45) is 4.93. The van der Waals surface area contributed by atoms with E-state index in [0.717, 1.165) is 18.9 Å². The Bertz CT molecular complexity index is 224. The lowest BCUT2D eigenvalue weighted by Crippen LogP contribution is -2.13. The number of rotatable bonds is 20. The fourth-order valence-electron chi connectivity index (χ4n) is 2.22. The molecule has 0 unspecified atom stereocenters. The molecule has 0 rings (SSSR count). The van der Waals surface area contributed by atoms with Crippen molar-refractivity contribution in [2.75, 3.05) is 72.7 Å². The highest BCUT2D eigenvalue weighted by Gasteiger charge is 2.02. The van der Waals surface area contributed by atoms with Gasteiger partial charge < -0.3 is 28.8 Å². The molecule has 0 amide bonds. The van der Waals surface area contributed by atoms with Crippen LogP contribution >= 0.6 is 0 Å². The SMILES string of the molecule is CCC(CC)CCCOCCOCCOCCOCCOCCO. The lowest BCUT2D eigenvalue weighted by Gasteiger charge is -2.11. The summed E-state index contributed by atoms with van der Waals surface area (Å²) in [4.78, 5) is 0. The highest BCUT2D eigenvalue weighted by Crippen LogP contribution is 2.14. The molecule has 0 aromatic carbocycles. The van der Waals surface area contributed by atoms with E-state index in [9.17, 15) is 0 Å². The van der Waals surface area contributed by atoms with Crippen LogP contribution in [0.5, 0.6) is 0 Å². The molecule has 0 aliphatic heterocycles. The first-order chi connectivity index (χ1) is 11.8. The number of hydrogen-bond acceptors (Lipinski definition) is 6. The first-order valence-corrected chi connectivity index (χ1v) is 9.34. The molecule has 0 aromatic rings. The van der Waals surface area contributed by atoms with Gasteiger partial charge in [0.25, 0.3) is 0 Å². The Kier molecular flexibility index (Phi) is 20.6. The van der Waals surface area contributed by atoms with E-state index < -0.39 is 0 Å². The molecule has 0 aliphatic carbocycles. The molecule has 6 nitrogen and oxygen atoms in total. The zero-order valence-electron chi connectivity index (χ0n) is 15.7. The molecule has 24 heavy (non-hydrogen) atoms.